The lowest BCUT2D eigenvalue weighted by Crippen LogP contribution is -2.08. The molecule has 0 aromatic rings. The van der Waals surface area contributed by atoms with Crippen molar-refractivity contribution in [3.05, 3.63) is 0 Å². The Labute approximate surface area is 57.7 Å². The number of carbonyl (C=O) groups is 1. The van der Waals surface area contributed by atoms with E-state index in [-0.39, 0.29) is 11.8 Å². The molecule has 0 rings (SSSR count). The standard InChI is InChI=1S/C5H6ClNO2/c1-4(2-6)5(9)7-3-8/h4H,2H2,1H3. The first-order valence-corrected chi connectivity index (χ1v) is 2.93. The van der Waals surface area contributed by atoms with Crippen molar-refractivity contribution in [2.75, 3.05) is 5.88 Å². The van der Waals surface area contributed by atoms with E-state index in [1.165, 1.54) is 0 Å². The van der Waals surface area contributed by atoms with Crippen LogP contribution < -0.4 is 0 Å². The van der Waals surface area contributed by atoms with Gasteiger partial charge in [0.2, 0.25) is 6.08 Å². The zero-order valence-electron chi connectivity index (χ0n) is 4.93. The lowest BCUT2D eigenvalue weighted by molar-refractivity contribution is -0.120. The van der Waals surface area contributed by atoms with Gasteiger partial charge >= 0.3 is 0 Å². The predicted octanol–water partition coefficient (Wildman–Crippen LogP) is 0.724. The second-order valence-corrected chi connectivity index (χ2v) is 1.91. The summed E-state index contributed by atoms with van der Waals surface area (Å²) in [7, 11) is 0. The molecule has 0 aromatic carbocycles. The Kier molecular flexibility index (Phi) is 3.93. The molecule has 0 bridgehead atoms. The first-order valence-electron chi connectivity index (χ1n) is 2.40. The van der Waals surface area contributed by atoms with Crippen LogP contribution in [0.15, 0.2) is 4.99 Å². The maximum absolute atomic E-state index is 10.5. The molecule has 4 heteroatoms. The highest BCUT2D eigenvalue weighted by molar-refractivity contribution is 6.19. The number of alkyl halides is 1. The Bertz CT molecular complexity index is 151. The fourth-order valence-electron chi connectivity index (χ4n) is 0.221. The molecule has 0 radical (unpaired) electrons. The average Bonchev–Trinajstić information content (AvgIpc) is 1.87. The first-order chi connectivity index (χ1) is 4.22. The van der Waals surface area contributed by atoms with Crippen molar-refractivity contribution in [2.45, 2.75) is 6.92 Å². The fraction of sp³-hybridized carbons (Fsp3) is 0.600. The Morgan fingerprint density at radius 2 is 2.44 bits per heavy atom. The number of aliphatic imine (C=N–C) groups is 1. The van der Waals surface area contributed by atoms with Crippen molar-refractivity contribution < 1.29 is 9.59 Å². The molecular weight excluding hydrogens is 142 g/mol. The molecule has 1 atom stereocenters. The minimum absolute atomic E-state index is 0.185. The van der Waals surface area contributed by atoms with Gasteiger partial charge in [0.1, 0.15) is 0 Å². The van der Waals surface area contributed by atoms with Gasteiger partial charge in [-0.2, -0.15) is 0 Å². The molecule has 9 heavy (non-hydrogen) atoms. The van der Waals surface area contributed by atoms with Crippen LogP contribution in [0.3, 0.4) is 0 Å². The summed E-state index contributed by atoms with van der Waals surface area (Å²) < 4.78 is 0. The van der Waals surface area contributed by atoms with Gasteiger partial charge in [0.15, 0.2) is 0 Å². The monoisotopic (exact) mass is 147 g/mol. The van der Waals surface area contributed by atoms with E-state index >= 15 is 0 Å². The van der Waals surface area contributed by atoms with Crippen molar-refractivity contribution in [1.82, 2.24) is 0 Å². The van der Waals surface area contributed by atoms with Gasteiger partial charge in [-0.3, -0.25) is 4.79 Å². The molecule has 0 spiro atoms. The van der Waals surface area contributed by atoms with Gasteiger partial charge in [0.05, 0.1) is 5.92 Å². The van der Waals surface area contributed by atoms with E-state index in [1.807, 2.05) is 0 Å². The molecule has 0 aromatic heterocycles. The quantitative estimate of drug-likeness (QED) is 0.328. The van der Waals surface area contributed by atoms with Gasteiger partial charge in [0, 0.05) is 5.88 Å². The van der Waals surface area contributed by atoms with Crippen LogP contribution in [0.1, 0.15) is 6.92 Å². The molecule has 0 N–H and O–H groups in total. The summed E-state index contributed by atoms with van der Waals surface area (Å²) in [6.07, 6.45) is 1.15. The summed E-state index contributed by atoms with van der Waals surface area (Å²) in [6, 6.07) is 0. The SMILES string of the molecule is CC(CCl)C(=O)N=C=O. The fourth-order valence-corrected chi connectivity index (χ4v) is 0.353. The number of carbonyl (C=O) groups excluding carboxylic acids is 2. The van der Waals surface area contributed by atoms with Crippen molar-refractivity contribution in [1.29, 1.82) is 0 Å². The number of nitrogens with zero attached hydrogens (tertiary/aromatic N) is 1. The largest absolute Gasteiger partial charge is 0.271 e. The van der Waals surface area contributed by atoms with Gasteiger partial charge in [0.25, 0.3) is 5.91 Å². The lowest BCUT2D eigenvalue weighted by Gasteiger charge is -1.95. The van der Waals surface area contributed by atoms with Crippen LogP contribution in [0, 0.1) is 5.92 Å². The predicted molar refractivity (Wildman–Crippen MR) is 33.0 cm³/mol. The number of isocyanates is 1. The third-order valence-electron chi connectivity index (χ3n) is 0.809. The molecule has 0 aliphatic carbocycles. The molecule has 0 saturated carbocycles. The average molecular weight is 148 g/mol. The smallest absolute Gasteiger partial charge is 0.260 e. The van der Waals surface area contributed by atoms with Crippen LogP contribution in [0.4, 0.5) is 0 Å². The normalized spacial score (nSPS) is 11.8. The lowest BCUT2D eigenvalue weighted by atomic mass is 10.2. The van der Waals surface area contributed by atoms with Crippen molar-refractivity contribution in [3.63, 3.8) is 0 Å². The first kappa shape index (κ1) is 8.34. The van der Waals surface area contributed by atoms with Crippen LogP contribution in [0.5, 0.6) is 0 Å². The van der Waals surface area contributed by atoms with Gasteiger partial charge < -0.3 is 0 Å². The van der Waals surface area contributed by atoms with Crippen LogP contribution in [0.2, 0.25) is 0 Å². The van der Waals surface area contributed by atoms with Gasteiger partial charge in [-0.1, -0.05) is 6.92 Å². The second-order valence-electron chi connectivity index (χ2n) is 1.60. The number of halogens is 1. The van der Waals surface area contributed by atoms with Gasteiger partial charge in [-0.05, 0) is 0 Å². The molecule has 3 nitrogen and oxygen atoms in total. The highest BCUT2D eigenvalue weighted by Gasteiger charge is 2.08. The van der Waals surface area contributed by atoms with Crippen LogP contribution in [-0.2, 0) is 9.59 Å². The number of amides is 1. The molecule has 0 heterocycles. The third-order valence-corrected chi connectivity index (χ3v) is 1.27. The van der Waals surface area contributed by atoms with E-state index < -0.39 is 5.91 Å². The van der Waals surface area contributed by atoms with E-state index in [0.717, 1.165) is 6.08 Å². The van der Waals surface area contributed by atoms with Gasteiger partial charge in [-0.25, -0.2) is 4.79 Å². The van der Waals surface area contributed by atoms with E-state index in [0.29, 0.717) is 0 Å². The number of rotatable bonds is 2. The summed E-state index contributed by atoms with van der Waals surface area (Å²) in [5.74, 6) is -0.711. The second kappa shape index (κ2) is 4.24. The number of hydrogen-bond acceptors (Lipinski definition) is 2. The van der Waals surface area contributed by atoms with Crippen molar-refractivity contribution in [3.8, 4) is 0 Å². The molecule has 0 aliphatic heterocycles. The summed E-state index contributed by atoms with van der Waals surface area (Å²) in [5.41, 5.74) is 0. The Morgan fingerprint density at radius 1 is 1.89 bits per heavy atom. The van der Waals surface area contributed by atoms with E-state index in [2.05, 4.69) is 4.99 Å². The molecule has 1 unspecified atom stereocenters. The summed E-state index contributed by atoms with van der Waals surface area (Å²) in [6.45, 7) is 1.59. The molecule has 0 aliphatic rings. The van der Waals surface area contributed by atoms with Crippen LogP contribution >= 0.6 is 11.6 Å². The van der Waals surface area contributed by atoms with E-state index in [9.17, 15) is 9.59 Å². The Hall–Kier alpha value is -0.660. The maximum Gasteiger partial charge on any atom is 0.260 e. The van der Waals surface area contributed by atoms with Gasteiger partial charge in [-0.15, -0.1) is 16.6 Å². The minimum Gasteiger partial charge on any atom is -0.271 e. The molecule has 0 saturated heterocycles. The zero-order valence-corrected chi connectivity index (χ0v) is 5.68. The highest BCUT2D eigenvalue weighted by atomic mass is 35.5. The van der Waals surface area contributed by atoms with Crippen molar-refractivity contribution in [2.24, 2.45) is 10.9 Å². The summed E-state index contributed by atoms with van der Waals surface area (Å²) in [5, 5.41) is 0. The van der Waals surface area contributed by atoms with E-state index in [1.54, 1.807) is 6.92 Å². The Morgan fingerprint density at radius 3 is 2.78 bits per heavy atom. The Balaban J connectivity index is 3.87. The molecular formula is C5H6ClNO2. The summed E-state index contributed by atoms with van der Waals surface area (Å²) >= 11 is 5.27. The highest BCUT2D eigenvalue weighted by Crippen LogP contribution is 1.98. The van der Waals surface area contributed by atoms with Crippen LogP contribution in [-0.4, -0.2) is 17.9 Å². The van der Waals surface area contributed by atoms with Crippen LogP contribution in [0.25, 0.3) is 0 Å². The van der Waals surface area contributed by atoms with E-state index in [4.69, 9.17) is 11.6 Å². The third kappa shape index (κ3) is 3.01. The minimum atomic E-state index is -0.514. The maximum atomic E-state index is 10.5. The van der Waals surface area contributed by atoms with Crippen molar-refractivity contribution >= 4 is 23.6 Å². The molecule has 0 fully saturated rings. The zero-order chi connectivity index (χ0) is 7.28. The molecule has 50 valence electrons. The molecule has 1 amide bonds. The number of hydrogen-bond donors (Lipinski definition) is 0. The summed E-state index contributed by atoms with van der Waals surface area (Å²) in [4.78, 5) is 22.8. The topological polar surface area (TPSA) is 46.5 Å².